The van der Waals surface area contributed by atoms with Crippen LogP contribution >= 0.6 is 0 Å². The van der Waals surface area contributed by atoms with Crippen LogP contribution < -0.4 is 11.1 Å². The number of nitrogens with two attached hydrogens (primary N) is 1. The zero-order valence-corrected chi connectivity index (χ0v) is 10.2. The molecular weight excluding hydrogens is 206 g/mol. The number of amides is 1. The molecule has 0 saturated carbocycles. The van der Waals surface area contributed by atoms with E-state index in [1.807, 2.05) is 0 Å². The second-order valence-corrected chi connectivity index (χ2v) is 4.46. The number of carbonyl (C=O) groups excluding carboxylic acids is 1. The maximum atomic E-state index is 11.5. The van der Waals surface area contributed by atoms with Crippen molar-refractivity contribution in [1.29, 1.82) is 5.26 Å². The molecule has 0 heterocycles. The average Bonchev–Trinajstić information content (AvgIpc) is 2.26. The van der Waals surface area contributed by atoms with Gasteiger partial charge in [0.2, 0.25) is 5.91 Å². The average molecular weight is 227 g/mol. The number of carbonyl (C=O) groups is 1. The maximum absolute atomic E-state index is 11.5. The van der Waals surface area contributed by atoms with Crippen molar-refractivity contribution >= 4 is 5.91 Å². The number of nitrogens with one attached hydrogen (secondary N) is 1. The molecule has 0 aromatic carbocycles. The van der Waals surface area contributed by atoms with Crippen LogP contribution in [-0.2, 0) is 9.53 Å². The Morgan fingerprint density at radius 2 is 2.25 bits per heavy atom. The summed E-state index contributed by atoms with van der Waals surface area (Å²) in [6.45, 7) is 4.46. The Balaban J connectivity index is 3.85. The fourth-order valence-corrected chi connectivity index (χ4v) is 1.06. The van der Waals surface area contributed by atoms with Crippen LogP contribution in [-0.4, -0.2) is 32.2 Å². The molecule has 0 bridgehead atoms. The van der Waals surface area contributed by atoms with Gasteiger partial charge in [-0.3, -0.25) is 4.79 Å². The van der Waals surface area contributed by atoms with Crippen molar-refractivity contribution in [2.75, 3.05) is 20.3 Å². The molecule has 0 aliphatic carbocycles. The van der Waals surface area contributed by atoms with Crippen LogP contribution in [0.25, 0.3) is 0 Å². The second kappa shape index (κ2) is 7.20. The van der Waals surface area contributed by atoms with Gasteiger partial charge in [0, 0.05) is 20.3 Å². The van der Waals surface area contributed by atoms with E-state index in [9.17, 15) is 4.79 Å². The van der Waals surface area contributed by atoms with Crippen LogP contribution in [0.4, 0.5) is 0 Å². The first-order valence-corrected chi connectivity index (χ1v) is 5.36. The lowest BCUT2D eigenvalue weighted by Crippen LogP contribution is -2.43. The minimum atomic E-state index is -0.554. The van der Waals surface area contributed by atoms with Gasteiger partial charge in [-0.15, -0.1) is 0 Å². The Labute approximate surface area is 96.9 Å². The molecule has 0 saturated heterocycles. The van der Waals surface area contributed by atoms with E-state index >= 15 is 0 Å². The number of nitriles is 1. The van der Waals surface area contributed by atoms with Gasteiger partial charge in [0.25, 0.3) is 0 Å². The molecule has 0 aromatic rings. The lowest BCUT2D eigenvalue weighted by molar-refractivity contribution is -0.122. The molecule has 5 heteroatoms. The number of methoxy groups -OCH3 is 1. The third-order valence-electron chi connectivity index (χ3n) is 2.21. The molecule has 1 amide bonds. The van der Waals surface area contributed by atoms with Gasteiger partial charge in [0.1, 0.15) is 0 Å². The monoisotopic (exact) mass is 227 g/mol. The zero-order valence-electron chi connectivity index (χ0n) is 10.2. The van der Waals surface area contributed by atoms with E-state index in [1.165, 1.54) is 0 Å². The predicted octanol–water partition coefficient (Wildman–Crippen LogP) is 0.406. The number of hydrogen-bond donors (Lipinski definition) is 2. The summed E-state index contributed by atoms with van der Waals surface area (Å²) in [5.41, 5.74) is 5.12. The highest BCUT2D eigenvalue weighted by atomic mass is 16.5. The van der Waals surface area contributed by atoms with Crippen LogP contribution in [0.1, 0.15) is 26.7 Å². The van der Waals surface area contributed by atoms with E-state index in [0.29, 0.717) is 19.6 Å². The predicted molar refractivity (Wildman–Crippen MR) is 61.5 cm³/mol. The number of ether oxygens (including phenoxy) is 1. The van der Waals surface area contributed by atoms with Crippen molar-refractivity contribution in [3.63, 3.8) is 0 Å². The van der Waals surface area contributed by atoms with Crippen molar-refractivity contribution < 1.29 is 9.53 Å². The van der Waals surface area contributed by atoms with Crippen LogP contribution in [0.5, 0.6) is 0 Å². The van der Waals surface area contributed by atoms with Gasteiger partial charge in [-0.2, -0.15) is 5.26 Å². The van der Waals surface area contributed by atoms with Crippen LogP contribution in [0.2, 0.25) is 0 Å². The zero-order chi connectivity index (χ0) is 12.6. The SMILES string of the molecule is COCCCC(N)C(=O)NCC(C)(C)C#N. The smallest absolute Gasteiger partial charge is 0.236 e. The highest BCUT2D eigenvalue weighted by molar-refractivity contribution is 5.81. The normalized spacial score (nSPS) is 12.9. The first kappa shape index (κ1) is 14.9. The van der Waals surface area contributed by atoms with E-state index < -0.39 is 11.5 Å². The minimum absolute atomic E-state index is 0.209. The van der Waals surface area contributed by atoms with Gasteiger partial charge in [0.15, 0.2) is 0 Å². The Bertz CT molecular complexity index is 258. The summed E-state index contributed by atoms with van der Waals surface area (Å²) < 4.78 is 4.87. The van der Waals surface area contributed by atoms with Gasteiger partial charge in [-0.25, -0.2) is 0 Å². The third-order valence-corrected chi connectivity index (χ3v) is 2.21. The van der Waals surface area contributed by atoms with Gasteiger partial charge >= 0.3 is 0 Å². The van der Waals surface area contributed by atoms with E-state index in [4.69, 9.17) is 15.7 Å². The Hall–Kier alpha value is -1.12. The van der Waals surface area contributed by atoms with E-state index in [0.717, 1.165) is 6.42 Å². The molecule has 0 spiro atoms. The molecule has 0 fully saturated rings. The first-order valence-electron chi connectivity index (χ1n) is 5.36. The molecule has 0 aliphatic heterocycles. The standard InChI is InChI=1S/C11H21N3O2/c1-11(2,7-12)8-14-10(15)9(13)5-4-6-16-3/h9H,4-6,8,13H2,1-3H3,(H,14,15). The van der Waals surface area contributed by atoms with Gasteiger partial charge in [-0.1, -0.05) is 0 Å². The number of hydrogen-bond acceptors (Lipinski definition) is 4. The van der Waals surface area contributed by atoms with Crippen molar-refractivity contribution in [2.24, 2.45) is 11.1 Å². The molecule has 1 unspecified atom stereocenters. The molecule has 5 nitrogen and oxygen atoms in total. The highest BCUT2D eigenvalue weighted by Crippen LogP contribution is 2.10. The molecule has 0 aliphatic rings. The summed E-state index contributed by atoms with van der Waals surface area (Å²) in [6.07, 6.45) is 1.35. The largest absolute Gasteiger partial charge is 0.385 e. The summed E-state index contributed by atoms with van der Waals surface area (Å²) in [5, 5.41) is 11.4. The fraction of sp³-hybridized carbons (Fsp3) is 0.818. The Morgan fingerprint density at radius 1 is 1.62 bits per heavy atom. The van der Waals surface area contributed by atoms with Crippen LogP contribution in [0.15, 0.2) is 0 Å². The first-order chi connectivity index (χ1) is 7.43. The molecule has 92 valence electrons. The van der Waals surface area contributed by atoms with Crippen LogP contribution in [0, 0.1) is 16.7 Å². The molecular formula is C11H21N3O2. The molecule has 0 rings (SSSR count). The van der Waals surface area contributed by atoms with Crippen molar-refractivity contribution in [1.82, 2.24) is 5.32 Å². The topological polar surface area (TPSA) is 88.1 Å². The molecule has 0 aromatic heterocycles. The Morgan fingerprint density at radius 3 is 2.75 bits per heavy atom. The summed E-state index contributed by atoms with van der Waals surface area (Å²) in [6, 6.07) is 1.59. The summed E-state index contributed by atoms with van der Waals surface area (Å²) in [7, 11) is 1.61. The summed E-state index contributed by atoms with van der Waals surface area (Å²) in [5.74, 6) is -0.209. The lowest BCUT2D eigenvalue weighted by atomic mass is 9.96. The third kappa shape index (κ3) is 6.38. The second-order valence-electron chi connectivity index (χ2n) is 4.46. The molecule has 3 N–H and O–H groups in total. The number of rotatable bonds is 7. The quantitative estimate of drug-likeness (QED) is 0.616. The van der Waals surface area contributed by atoms with E-state index in [2.05, 4.69) is 11.4 Å². The van der Waals surface area contributed by atoms with Crippen LogP contribution in [0.3, 0.4) is 0 Å². The molecule has 1 atom stereocenters. The lowest BCUT2D eigenvalue weighted by Gasteiger charge is -2.18. The number of nitrogens with zero attached hydrogens (tertiary/aromatic N) is 1. The fourth-order valence-electron chi connectivity index (χ4n) is 1.06. The molecule has 16 heavy (non-hydrogen) atoms. The highest BCUT2D eigenvalue weighted by Gasteiger charge is 2.20. The van der Waals surface area contributed by atoms with E-state index in [-0.39, 0.29) is 5.91 Å². The van der Waals surface area contributed by atoms with Crippen molar-refractivity contribution in [3.8, 4) is 6.07 Å². The summed E-state index contributed by atoms with van der Waals surface area (Å²) in [4.78, 5) is 11.5. The Kier molecular flexibility index (Phi) is 6.70. The summed E-state index contributed by atoms with van der Waals surface area (Å²) >= 11 is 0. The van der Waals surface area contributed by atoms with Gasteiger partial charge < -0.3 is 15.8 Å². The van der Waals surface area contributed by atoms with Gasteiger partial charge in [-0.05, 0) is 26.7 Å². The maximum Gasteiger partial charge on any atom is 0.236 e. The molecule has 0 radical (unpaired) electrons. The van der Waals surface area contributed by atoms with Crippen molar-refractivity contribution in [2.45, 2.75) is 32.7 Å². The van der Waals surface area contributed by atoms with Gasteiger partial charge in [0.05, 0.1) is 17.5 Å². The van der Waals surface area contributed by atoms with E-state index in [1.54, 1.807) is 21.0 Å². The van der Waals surface area contributed by atoms with Crippen molar-refractivity contribution in [3.05, 3.63) is 0 Å². The minimum Gasteiger partial charge on any atom is -0.385 e.